The Balaban J connectivity index is 1.59. The van der Waals surface area contributed by atoms with Crippen LogP contribution in [0.15, 0.2) is 42.5 Å². The van der Waals surface area contributed by atoms with Gasteiger partial charge in [-0.15, -0.1) is 8.78 Å². The van der Waals surface area contributed by atoms with Gasteiger partial charge in [0, 0.05) is 6.54 Å². The van der Waals surface area contributed by atoms with Crippen molar-refractivity contribution in [1.82, 2.24) is 5.32 Å². The average molecular weight is 373 g/mol. The van der Waals surface area contributed by atoms with Crippen LogP contribution in [-0.4, -0.2) is 12.2 Å². The Hall–Kier alpha value is -2.84. The van der Waals surface area contributed by atoms with Crippen LogP contribution in [0.5, 0.6) is 11.5 Å². The number of nitrogens with one attached hydrogen (secondary N) is 1. The molecule has 0 spiro atoms. The first kappa shape index (κ1) is 18.0. The van der Waals surface area contributed by atoms with E-state index < -0.39 is 23.9 Å². The van der Waals surface area contributed by atoms with Crippen molar-refractivity contribution in [3.8, 4) is 11.5 Å². The monoisotopic (exact) mass is 373 g/mol. The zero-order valence-corrected chi connectivity index (χ0v) is 13.1. The lowest BCUT2D eigenvalue weighted by Gasteiger charge is -2.09. The summed E-state index contributed by atoms with van der Waals surface area (Å²) in [6, 6.07) is 8.51. The smallest absolute Gasteiger partial charge is 0.395 e. The molecule has 138 valence electrons. The fourth-order valence-electron chi connectivity index (χ4n) is 2.41. The van der Waals surface area contributed by atoms with Crippen molar-refractivity contribution in [3.05, 3.63) is 59.2 Å². The number of ether oxygens (including phenoxy) is 2. The van der Waals surface area contributed by atoms with Gasteiger partial charge in [0.2, 0.25) is 5.91 Å². The van der Waals surface area contributed by atoms with E-state index in [1.54, 1.807) is 0 Å². The van der Waals surface area contributed by atoms with Crippen LogP contribution in [0.25, 0.3) is 0 Å². The molecule has 1 N–H and O–H groups in total. The van der Waals surface area contributed by atoms with Gasteiger partial charge >= 0.3 is 12.5 Å². The second-order valence-electron chi connectivity index (χ2n) is 5.60. The van der Waals surface area contributed by atoms with E-state index in [0.717, 1.165) is 12.1 Å². The number of fused-ring (bicyclic) bond motifs is 1. The van der Waals surface area contributed by atoms with E-state index in [1.165, 1.54) is 30.3 Å². The molecule has 0 unspecified atom stereocenters. The highest BCUT2D eigenvalue weighted by Crippen LogP contribution is 2.41. The van der Waals surface area contributed by atoms with E-state index in [4.69, 9.17) is 0 Å². The molecule has 0 aromatic heterocycles. The predicted octanol–water partition coefficient (Wildman–Crippen LogP) is 3.89. The van der Waals surface area contributed by atoms with Gasteiger partial charge in [0.15, 0.2) is 11.5 Å². The average Bonchev–Trinajstić information content (AvgIpc) is 2.85. The summed E-state index contributed by atoms with van der Waals surface area (Å²) in [6.45, 7) is 0.00000626. The first-order chi connectivity index (χ1) is 12.1. The molecule has 0 radical (unpaired) electrons. The minimum atomic E-state index is -4.49. The summed E-state index contributed by atoms with van der Waals surface area (Å²) < 4.78 is 72.4. The summed E-state index contributed by atoms with van der Waals surface area (Å²) >= 11 is 0. The van der Waals surface area contributed by atoms with Gasteiger partial charge in [-0.25, -0.2) is 0 Å². The summed E-state index contributed by atoms with van der Waals surface area (Å²) in [6.07, 6.45) is -8.46. The highest BCUT2D eigenvalue weighted by atomic mass is 19.4. The number of carbonyl (C=O) groups excluding carboxylic acids is 1. The van der Waals surface area contributed by atoms with Crippen LogP contribution in [0.2, 0.25) is 0 Å². The van der Waals surface area contributed by atoms with Crippen molar-refractivity contribution in [1.29, 1.82) is 0 Å². The maximum absolute atomic E-state index is 12.9. The molecule has 1 aliphatic heterocycles. The van der Waals surface area contributed by atoms with Gasteiger partial charge in [-0.1, -0.05) is 24.3 Å². The molecule has 0 atom stereocenters. The number of carbonyl (C=O) groups is 1. The minimum Gasteiger partial charge on any atom is -0.395 e. The van der Waals surface area contributed by atoms with Crippen molar-refractivity contribution in [2.24, 2.45) is 0 Å². The Morgan fingerprint density at radius 1 is 1.00 bits per heavy atom. The number of amides is 1. The molecule has 26 heavy (non-hydrogen) atoms. The van der Waals surface area contributed by atoms with E-state index in [0.29, 0.717) is 5.56 Å². The van der Waals surface area contributed by atoms with E-state index in [9.17, 15) is 26.7 Å². The molecule has 9 heteroatoms. The van der Waals surface area contributed by atoms with Crippen LogP contribution < -0.4 is 14.8 Å². The van der Waals surface area contributed by atoms with Crippen LogP contribution >= 0.6 is 0 Å². The molecule has 1 amide bonds. The second-order valence-corrected chi connectivity index (χ2v) is 5.60. The van der Waals surface area contributed by atoms with Crippen molar-refractivity contribution in [3.63, 3.8) is 0 Å². The third-order valence-electron chi connectivity index (χ3n) is 3.57. The maximum atomic E-state index is 12.9. The van der Waals surface area contributed by atoms with Crippen molar-refractivity contribution in [2.75, 3.05) is 0 Å². The highest BCUT2D eigenvalue weighted by Gasteiger charge is 2.43. The lowest BCUT2D eigenvalue weighted by atomic mass is 10.1. The molecule has 0 fully saturated rings. The van der Waals surface area contributed by atoms with Crippen molar-refractivity contribution < 1.29 is 36.2 Å². The molecular formula is C17H12F5NO3. The zero-order valence-electron chi connectivity index (χ0n) is 13.1. The van der Waals surface area contributed by atoms with Gasteiger partial charge in [0.05, 0.1) is 12.0 Å². The third kappa shape index (κ3) is 4.22. The standard InChI is InChI=1S/C17H12F5NO3/c18-16(19,20)12-3-1-2-10(6-12)8-15(24)23-9-11-4-5-13-14(7-11)26-17(21,22)25-13/h1-7H,8-9H2,(H,23,24). The van der Waals surface area contributed by atoms with Crippen LogP contribution in [0.3, 0.4) is 0 Å². The van der Waals surface area contributed by atoms with E-state index in [1.807, 2.05) is 0 Å². The summed E-state index contributed by atoms with van der Waals surface area (Å²) in [5.41, 5.74) is -0.149. The molecule has 1 aliphatic rings. The predicted molar refractivity (Wildman–Crippen MR) is 79.6 cm³/mol. The van der Waals surface area contributed by atoms with Gasteiger partial charge < -0.3 is 14.8 Å². The Labute approximate surface area is 144 Å². The number of alkyl halides is 5. The largest absolute Gasteiger partial charge is 0.586 e. The van der Waals surface area contributed by atoms with Gasteiger partial charge in [-0.2, -0.15) is 13.2 Å². The molecule has 4 nitrogen and oxygen atoms in total. The van der Waals surface area contributed by atoms with Crippen molar-refractivity contribution >= 4 is 5.91 Å². The van der Waals surface area contributed by atoms with Gasteiger partial charge in [-0.3, -0.25) is 4.79 Å². The molecule has 3 rings (SSSR count). The summed E-state index contributed by atoms with van der Waals surface area (Å²) in [5.74, 6) is -0.777. The lowest BCUT2D eigenvalue weighted by molar-refractivity contribution is -0.286. The van der Waals surface area contributed by atoms with Gasteiger partial charge in [-0.05, 0) is 29.3 Å². The van der Waals surface area contributed by atoms with Crippen LogP contribution in [0.4, 0.5) is 22.0 Å². The summed E-state index contributed by atoms with van der Waals surface area (Å²) in [7, 11) is 0. The minimum absolute atomic E-state index is 0.00000626. The number of hydrogen-bond acceptors (Lipinski definition) is 3. The normalized spacial score (nSPS) is 15.0. The van der Waals surface area contributed by atoms with E-state index in [2.05, 4.69) is 14.8 Å². The quantitative estimate of drug-likeness (QED) is 0.828. The molecule has 2 aromatic rings. The zero-order chi connectivity index (χ0) is 18.9. The molecule has 0 saturated carbocycles. The number of rotatable bonds is 4. The lowest BCUT2D eigenvalue weighted by Crippen LogP contribution is -2.26. The molecule has 2 aromatic carbocycles. The maximum Gasteiger partial charge on any atom is 0.586 e. The van der Waals surface area contributed by atoms with Gasteiger partial charge in [0.25, 0.3) is 0 Å². The Morgan fingerprint density at radius 2 is 1.73 bits per heavy atom. The number of benzene rings is 2. The van der Waals surface area contributed by atoms with E-state index in [-0.39, 0.29) is 30.0 Å². The number of halogens is 5. The van der Waals surface area contributed by atoms with Gasteiger partial charge in [0.1, 0.15) is 0 Å². The van der Waals surface area contributed by atoms with Crippen LogP contribution in [-0.2, 0) is 23.9 Å². The fourth-order valence-corrected chi connectivity index (χ4v) is 2.41. The topological polar surface area (TPSA) is 47.6 Å². The summed E-state index contributed by atoms with van der Waals surface area (Å²) in [5, 5.41) is 2.51. The molecule has 0 bridgehead atoms. The Bertz CT molecular complexity index is 835. The molecule has 0 saturated heterocycles. The SMILES string of the molecule is O=C(Cc1cccc(C(F)(F)F)c1)NCc1ccc2c(c1)OC(F)(F)O2. The summed E-state index contributed by atoms with van der Waals surface area (Å²) in [4.78, 5) is 11.9. The molecular weight excluding hydrogens is 361 g/mol. The molecule has 1 heterocycles. The molecule has 0 aliphatic carbocycles. The third-order valence-corrected chi connectivity index (χ3v) is 3.57. The second kappa shape index (κ2) is 6.47. The fraction of sp³-hybridized carbons (Fsp3) is 0.235. The van der Waals surface area contributed by atoms with E-state index >= 15 is 0 Å². The van der Waals surface area contributed by atoms with Crippen molar-refractivity contribution in [2.45, 2.75) is 25.4 Å². The number of hydrogen-bond donors (Lipinski definition) is 1. The first-order valence-corrected chi connectivity index (χ1v) is 7.44. The first-order valence-electron chi connectivity index (χ1n) is 7.44. The Morgan fingerprint density at radius 3 is 2.46 bits per heavy atom. The highest BCUT2D eigenvalue weighted by molar-refractivity contribution is 5.78. The Kier molecular flexibility index (Phi) is 4.47. The van der Waals surface area contributed by atoms with Crippen LogP contribution in [0, 0.1) is 0 Å². The van der Waals surface area contributed by atoms with Crippen LogP contribution in [0.1, 0.15) is 16.7 Å².